The number of nitrogens with zero attached hydrogens (tertiary/aromatic N) is 2. The van der Waals surface area contributed by atoms with Gasteiger partial charge in [0.25, 0.3) is 0 Å². The predicted octanol–water partition coefficient (Wildman–Crippen LogP) is 3.06. The molecule has 1 aromatic heterocycles. The first kappa shape index (κ1) is 23.7. The number of nitrogens with one attached hydrogen (secondary N) is 3. The highest BCUT2D eigenvalue weighted by atomic mass is 32.2. The SMILES string of the molecule is CC(C)c1nc(-c2ccccc2NC(=O)CCNS(=O)(=O)c2ccc3c(c2)OCCCO3)n[nH]1. The fourth-order valence-corrected chi connectivity index (χ4v) is 4.39. The van der Waals surface area contributed by atoms with E-state index in [0.29, 0.717) is 41.8 Å². The minimum absolute atomic E-state index is 0.0491. The molecule has 0 atom stereocenters. The smallest absolute Gasteiger partial charge is 0.240 e. The molecular formula is C23H27N5O5S. The number of carbonyl (C=O) groups excluding carboxylic acids is 1. The second kappa shape index (κ2) is 10.2. The maximum absolute atomic E-state index is 12.7. The van der Waals surface area contributed by atoms with E-state index in [1.54, 1.807) is 18.2 Å². The molecule has 0 radical (unpaired) electrons. The van der Waals surface area contributed by atoms with Crippen LogP contribution in [0.1, 0.15) is 38.4 Å². The topological polar surface area (TPSA) is 135 Å². The zero-order chi connectivity index (χ0) is 24.1. The summed E-state index contributed by atoms with van der Waals surface area (Å²) in [7, 11) is -3.82. The monoisotopic (exact) mass is 485 g/mol. The molecule has 0 unspecified atom stereocenters. The number of benzene rings is 2. The van der Waals surface area contributed by atoms with Crippen molar-refractivity contribution in [2.45, 2.75) is 37.5 Å². The van der Waals surface area contributed by atoms with Gasteiger partial charge in [-0.1, -0.05) is 26.0 Å². The molecule has 4 rings (SSSR count). The maximum Gasteiger partial charge on any atom is 0.240 e. The molecule has 0 bridgehead atoms. The molecule has 2 heterocycles. The molecule has 3 N–H and O–H groups in total. The molecule has 0 saturated heterocycles. The number of para-hydroxylation sites is 1. The third-order valence-corrected chi connectivity index (χ3v) is 6.62. The standard InChI is InChI=1S/C23H27N5O5S/c1-15(2)22-26-23(28-27-22)17-6-3-4-7-18(17)25-21(29)10-11-24-34(30,31)16-8-9-19-20(14-16)33-13-5-12-32-19/h3-4,6-9,14-15,24H,5,10-13H2,1-2H3,(H,25,29)(H,26,27,28). The molecule has 2 aromatic carbocycles. The van der Waals surface area contributed by atoms with Crippen LogP contribution in [0.5, 0.6) is 11.5 Å². The molecular weight excluding hydrogens is 458 g/mol. The van der Waals surface area contributed by atoms with Crippen LogP contribution in [0.15, 0.2) is 47.4 Å². The van der Waals surface area contributed by atoms with Crippen molar-refractivity contribution in [2.75, 3.05) is 25.1 Å². The van der Waals surface area contributed by atoms with Gasteiger partial charge in [-0.25, -0.2) is 18.1 Å². The van der Waals surface area contributed by atoms with Gasteiger partial charge in [0.05, 0.1) is 23.8 Å². The fourth-order valence-electron chi connectivity index (χ4n) is 3.35. The van der Waals surface area contributed by atoms with Crippen LogP contribution in [0.4, 0.5) is 5.69 Å². The van der Waals surface area contributed by atoms with Crippen molar-refractivity contribution in [1.29, 1.82) is 0 Å². The number of carbonyl (C=O) groups is 1. The molecule has 3 aromatic rings. The van der Waals surface area contributed by atoms with Gasteiger partial charge in [0.2, 0.25) is 15.9 Å². The van der Waals surface area contributed by atoms with Gasteiger partial charge in [-0.2, -0.15) is 5.10 Å². The number of H-pyrrole nitrogens is 1. The molecule has 180 valence electrons. The lowest BCUT2D eigenvalue weighted by atomic mass is 10.1. The number of aromatic nitrogens is 3. The average molecular weight is 486 g/mol. The van der Waals surface area contributed by atoms with Gasteiger partial charge >= 0.3 is 0 Å². The van der Waals surface area contributed by atoms with Crippen LogP contribution in [0, 0.1) is 0 Å². The first-order chi connectivity index (χ1) is 16.3. The highest BCUT2D eigenvalue weighted by Crippen LogP contribution is 2.32. The minimum atomic E-state index is -3.82. The minimum Gasteiger partial charge on any atom is -0.490 e. The van der Waals surface area contributed by atoms with Gasteiger partial charge in [0.1, 0.15) is 5.82 Å². The lowest BCUT2D eigenvalue weighted by molar-refractivity contribution is -0.116. The highest BCUT2D eigenvalue weighted by molar-refractivity contribution is 7.89. The molecule has 0 aliphatic carbocycles. The number of aromatic amines is 1. The van der Waals surface area contributed by atoms with Crippen molar-refractivity contribution in [1.82, 2.24) is 19.9 Å². The van der Waals surface area contributed by atoms with E-state index < -0.39 is 10.0 Å². The number of fused-ring (bicyclic) bond motifs is 1. The number of sulfonamides is 1. The van der Waals surface area contributed by atoms with E-state index >= 15 is 0 Å². The summed E-state index contributed by atoms with van der Waals surface area (Å²) in [6.07, 6.45) is 0.672. The Morgan fingerprint density at radius 3 is 2.65 bits per heavy atom. The zero-order valence-corrected chi connectivity index (χ0v) is 19.8. The fraction of sp³-hybridized carbons (Fsp3) is 0.348. The van der Waals surface area contributed by atoms with Gasteiger partial charge in [0.15, 0.2) is 17.3 Å². The summed E-state index contributed by atoms with van der Waals surface area (Å²) in [5.74, 6) is 1.99. The van der Waals surface area contributed by atoms with E-state index in [4.69, 9.17) is 9.47 Å². The molecule has 11 heteroatoms. The summed E-state index contributed by atoms with van der Waals surface area (Å²) in [5.41, 5.74) is 1.22. The first-order valence-corrected chi connectivity index (χ1v) is 12.5. The third kappa shape index (κ3) is 5.54. The van der Waals surface area contributed by atoms with Crippen LogP contribution in [-0.4, -0.2) is 49.3 Å². The van der Waals surface area contributed by atoms with Crippen molar-refractivity contribution in [3.8, 4) is 22.9 Å². The van der Waals surface area contributed by atoms with Gasteiger partial charge < -0.3 is 14.8 Å². The van der Waals surface area contributed by atoms with Gasteiger partial charge in [-0.05, 0) is 24.3 Å². The van der Waals surface area contributed by atoms with Gasteiger partial charge in [0, 0.05) is 36.9 Å². The molecule has 0 fully saturated rings. The molecule has 34 heavy (non-hydrogen) atoms. The van der Waals surface area contributed by atoms with Crippen LogP contribution in [0.25, 0.3) is 11.4 Å². The van der Waals surface area contributed by atoms with E-state index in [9.17, 15) is 13.2 Å². The van der Waals surface area contributed by atoms with E-state index in [2.05, 4.69) is 25.2 Å². The molecule has 1 aliphatic rings. The Morgan fingerprint density at radius 2 is 1.88 bits per heavy atom. The van der Waals surface area contributed by atoms with E-state index in [0.717, 1.165) is 12.2 Å². The second-order valence-corrected chi connectivity index (χ2v) is 9.87. The summed E-state index contributed by atoms with van der Waals surface area (Å²) in [6.45, 7) is 4.92. The number of hydrogen-bond acceptors (Lipinski definition) is 7. The van der Waals surface area contributed by atoms with Crippen molar-refractivity contribution in [2.24, 2.45) is 0 Å². The Balaban J connectivity index is 1.37. The summed E-state index contributed by atoms with van der Waals surface area (Å²) >= 11 is 0. The lowest BCUT2D eigenvalue weighted by Crippen LogP contribution is -2.28. The summed E-state index contributed by atoms with van der Waals surface area (Å²) < 4.78 is 38.9. The van der Waals surface area contributed by atoms with Crippen molar-refractivity contribution in [3.63, 3.8) is 0 Å². The van der Waals surface area contributed by atoms with Crippen LogP contribution in [0.2, 0.25) is 0 Å². The van der Waals surface area contributed by atoms with Crippen molar-refractivity contribution >= 4 is 21.6 Å². The molecule has 10 nitrogen and oxygen atoms in total. The van der Waals surface area contributed by atoms with Gasteiger partial charge in [-0.15, -0.1) is 0 Å². The number of hydrogen-bond donors (Lipinski definition) is 3. The normalized spacial score (nSPS) is 13.5. The maximum atomic E-state index is 12.7. The number of rotatable bonds is 8. The average Bonchev–Trinajstić information content (AvgIpc) is 3.18. The number of ether oxygens (including phenoxy) is 2. The van der Waals surface area contributed by atoms with Crippen LogP contribution in [-0.2, 0) is 14.8 Å². The number of amides is 1. The molecule has 1 amide bonds. The predicted molar refractivity (Wildman–Crippen MR) is 126 cm³/mol. The van der Waals surface area contributed by atoms with Crippen molar-refractivity contribution < 1.29 is 22.7 Å². The van der Waals surface area contributed by atoms with Crippen LogP contribution in [0.3, 0.4) is 0 Å². The van der Waals surface area contributed by atoms with Crippen LogP contribution >= 0.6 is 0 Å². The first-order valence-electron chi connectivity index (χ1n) is 11.0. The van der Waals surface area contributed by atoms with Crippen LogP contribution < -0.4 is 19.5 Å². The Labute approximate surface area is 198 Å². The summed E-state index contributed by atoms with van der Waals surface area (Å²) in [4.78, 5) is 17.1. The Kier molecular flexibility index (Phi) is 7.13. The number of anilines is 1. The third-order valence-electron chi connectivity index (χ3n) is 5.17. The lowest BCUT2D eigenvalue weighted by Gasteiger charge is -2.11. The second-order valence-electron chi connectivity index (χ2n) is 8.10. The zero-order valence-electron chi connectivity index (χ0n) is 19.0. The van der Waals surface area contributed by atoms with E-state index in [1.165, 1.54) is 12.1 Å². The summed E-state index contributed by atoms with van der Waals surface area (Å²) in [5, 5.41) is 9.96. The van der Waals surface area contributed by atoms with Crippen molar-refractivity contribution in [3.05, 3.63) is 48.3 Å². The Morgan fingerprint density at radius 1 is 1.12 bits per heavy atom. The quantitative estimate of drug-likeness (QED) is 0.446. The Hall–Kier alpha value is -3.44. The highest BCUT2D eigenvalue weighted by Gasteiger charge is 2.19. The molecule has 1 aliphatic heterocycles. The molecule has 0 spiro atoms. The van der Waals surface area contributed by atoms with E-state index in [-0.39, 0.29) is 29.7 Å². The molecule has 0 saturated carbocycles. The Bertz CT molecular complexity index is 1270. The summed E-state index contributed by atoms with van der Waals surface area (Å²) in [6, 6.07) is 11.7. The largest absolute Gasteiger partial charge is 0.490 e. The van der Waals surface area contributed by atoms with E-state index in [1.807, 2.05) is 26.0 Å². The van der Waals surface area contributed by atoms with Gasteiger partial charge in [-0.3, -0.25) is 9.89 Å².